The van der Waals surface area contributed by atoms with Crippen LogP contribution in [-0.4, -0.2) is 14.6 Å². The molecule has 0 radical (unpaired) electrons. The largest absolute Gasteiger partial charge is 0.276 e. The number of rotatable bonds is 4. The second-order valence-electron chi connectivity index (χ2n) is 4.16. The first-order chi connectivity index (χ1) is 9.49. The average molecular weight is 353 g/mol. The quantitative estimate of drug-likeness (QED) is 0.678. The highest BCUT2D eigenvalue weighted by Gasteiger charge is 2.11. The van der Waals surface area contributed by atoms with Crippen LogP contribution in [0.1, 0.15) is 11.1 Å². The molecular weight excluding hydrogens is 340 g/mol. The zero-order valence-corrected chi connectivity index (χ0v) is 13.1. The first-order valence-corrected chi connectivity index (χ1v) is 8.13. The van der Waals surface area contributed by atoms with Gasteiger partial charge < -0.3 is 0 Å². The van der Waals surface area contributed by atoms with Crippen molar-refractivity contribution in [3.63, 3.8) is 0 Å². The summed E-state index contributed by atoms with van der Waals surface area (Å²) in [5.41, 5.74) is 1.89. The molecule has 6 heteroatoms. The molecule has 0 bridgehead atoms. The lowest BCUT2D eigenvalue weighted by molar-refractivity contribution is 0.584. The average Bonchev–Trinajstić information content (AvgIpc) is 2.41. The minimum absolute atomic E-state index is 0.169. The van der Waals surface area contributed by atoms with Gasteiger partial charge in [-0.15, -0.1) is 0 Å². The van der Waals surface area contributed by atoms with E-state index in [0.29, 0.717) is 0 Å². The molecule has 4 nitrogen and oxygen atoms in total. The number of nitrogens with one attached hydrogen (secondary N) is 1. The van der Waals surface area contributed by atoms with Crippen LogP contribution in [0.5, 0.6) is 0 Å². The van der Waals surface area contributed by atoms with E-state index in [0.717, 1.165) is 15.6 Å². The molecule has 0 amide bonds. The Kier molecular flexibility index (Phi) is 4.57. The van der Waals surface area contributed by atoms with Crippen molar-refractivity contribution in [2.45, 2.75) is 11.8 Å². The van der Waals surface area contributed by atoms with E-state index in [1.807, 2.05) is 31.2 Å². The van der Waals surface area contributed by atoms with Crippen molar-refractivity contribution < 1.29 is 8.42 Å². The molecule has 2 aromatic rings. The lowest BCUT2D eigenvalue weighted by Crippen LogP contribution is -2.18. The van der Waals surface area contributed by atoms with E-state index in [1.165, 1.54) is 18.3 Å². The van der Waals surface area contributed by atoms with Gasteiger partial charge in [-0.05, 0) is 42.3 Å². The SMILES string of the molecule is Cc1ccccc1/C=N\NS(=O)(=O)c1ccc(Br)cc1. The van der Waals surface area contributed by atoms with Gasteiger partial charge in [-0.1, -0.05) is 40.2 Å². The van der Waals surface area contributed by atoms with Gasteiger partial charge in [0.05, 0.1) is 11.1 Å². The Labute approximate surface area is 126 Å². The van der Waals surface area contributed by atoms with E-state index in [4.69, 9.17) is 0 Å². The topological polar surface area (TPSA) is 58.5 Å². The van der Waals surface area contributed by atoms with Crippen LogP contribution in [-0.2, 0) is 10.0 Å². The van der Waals surface area contributed by atoms with Crippen LogP contribution in [0.15, 0.2) is 63.0 Å². The molecule has 0 heterocycles. The molecule has 20 heavy (non-hydrogen) atoms. The Morgan fingerprint density at radius 1 is 1.10 bits per heavy atom. The minimum Gasteiger partial charge on any atom is -0.200 e. The summed E-state index contributed by atoms with van der Waals surface area (Å²) in [4.78, 5) is 2.37. The molecule has 0 aliphatic rings. The third kappa shape index (κ3) is 3.68. The fourth-order valence-corrected chi connectivity index (χ4v) is 2.62. The second kappa shape index (κ2) is 6.19. The summed E-state index contributed by atoms with van der Waals surface area (Å²) in [5.74, 6) is 0. The first kappa shape index (κ1) is 14.7. The zero-order chi connectivity index (χ0) is 14.6. The number of hydrogen-bond donors (Lipinski definition) is 1. The maximum Gasteiger partial charge on any atom is 0.276 e. The maximum atomic E-state index is 12.0. The Balaban J connectivity index is 2.14. The van der Waals surface area contributed by atoms with Crippen LogP contribution in [0.4, 0.5) is 0 Å². The summed E-state index contributed by atoms with van der Waals surface area (Å²) in [6.07, 6.45) is 1.49. The number of aryl methyl sites for hydroxylation is 1. The number of sulfonamides is 1. The second-order valence-corrected chi connectivity index (χ2v) is 6.74. The Hall–Kier alpha value is -1.66. The van der Waals surface area contributed by atoms with E-state index in [2.05, 4.69) is 25.9 Å². The van der Waals surface area contributed by atoms with Gasteiger partial charge in [0.15, 0.2) is 0 Å². The summed E-state index contributed by atoms with van der Waals surface area (Å²) in [6.45, 7) is 1.94. The molecule has 0 saturated heterocycles. The van der Waals surface area contributed by atoms with E-state index >= 15 is 0 Å². The predicted molar refractivity (Wildman–Crippen MR) is 83.2 cm³/mol. The molecule has 0 atom stereocenters. The van der Waals surface area contributed by atoms with Crippen molar-refractivity contribution in [3.8, 4) is 0 Å². The molecule has 2 aromatic carbocycles. The first-order valence-electron chi connectivity index (χ1n) is 5.85. The minimum atomic E-state index is -3.63. The third-order valence-corrected chi connectivity index (χ3v) is 4.46. The number of nitrogens with zero attached hydrogens (tertiary/aromatic N) is 1. The van der Waals surface area contributed by atoms with Crippen molar-refractivity contribution in [2.75, 3.05) is 0 Å². The van der Waals surface area contributed by atoms with Crippen LogP contribution in [0.2, 0.25) is 0 Å². The van der Waals surface area contributed by atoms with Crippen molar-refractivity contribution in [2.24, 2.45) is 5.10 Å². The van der Waals surface area contributed by atoms with Gasteiger partial charge in [0.25, 0.3) is 10.0 Å². The molecule has 0 fully saturated rings. The smallest absolute Gasteiger partial charge is 0.200 e. The number of hydrazone groups is 1. The molecule has 0 aromatic heterocycles. The van der Waals surface area contributed by atoms with Crippen LogP contribution >= 0.6 is 15.9 Å². The summed E-state index contributed by atoms with van der Waals surface area (Å²) in [5, 5.41) is 3.80. The monoisotopic (exact) mass is 352 g/mol. The van der Waals surface area contributed by atoms with E-state index in [-0.39, 0.29) is 4.90 Å². The van der Waals surface area contributed by atoms with E-state index < -0.39 is 10.0 Å². The third-order valence-electron chi connectivity index (χ3n) is 2.69. The Morgan fingerprint density at radius 2 is 1.75 bits per heavy atom. The summed E-state index contributed by atoms with van der Waals surface area (Å²) < 4.78 is 24.8. The fraction of sp³-hybridized carbons (Fsp3) is 0.0714. The van der Waals surface area contributed by atoms with Gasteiger partial charge in [0.2, 0.25) is 0 Å². The highest BCUT2D eigenvalue weighted by molar-refractivity contribution is 9.10. The standard InChI is InChI=1S/C14H13BrN2O2S/c1-11-4-2-3-5-12(11)10-16-17-20(18,19)14-8-6-13(15)7-9-14/h2-10,17H,1H3/b16-10-. The molecule has 0 spiro atoms. The predicted octanol–water partition coefficient (Wildman–Crippen LogP) is 3.07. The summed E-state index contributed by atoms with van der Waals surface area (Å²) in [7, 11) is -3.63. The normalized spacial score (nSPS) is 11.7. The molecule has 0 aliphatic heterocycles. The van der Waals surface area contributed by atoms with Crippen LogP contribution in [0, 0.1) is 6.92 Å². The number of halogens is 1. The summed E-state index contributed by atoms with van der Waals surface area (Å²) >= 11 is 3.26. The molecule has 2 rings (SSSR count). The van der Waals surface area contributed by atoms with Crippen molar-refractivity contribution in [1.82, 2.24) is 4.83 Å². The molecule has 0 saturated carbocycles. The van der Waals surface area contributed by atoms with Crippen molar-refractivity contribution in [3.05, 3.63) is 64.1 Å². The highest BCUT2D eigenvalue weighted by Crippen LogP contribution is 2.14. The van der Waals surface area contributed by atoms with Gasteiger partial charge in [0.1, 0.15) is 0 Å². The molecular formula is C14H13BrN2O2S. The van der Waals surface area contributed by atoms with Crippen LogP contribution < -0.4 is 4.83 Å². The van der Waals surface area contributed by atoms with Gasteiger partial charge >= 0.3 is 0 Å². The molecule has 0 unspecified atom stereocenters. The van der Waals surface area contributed by atoms with Crippen molar-refractivity contribution in [1.29, 1.82) is 0 Å². The number of benzene rings is 2. The lowest BCUT2D eigenvalue weighted by atomic mass is 10.1. The van der Waals surface area contributed by atoms with E-state index in [9.17, 15) is 8.42 Å². The van der Waals surface area contributed by atoms with Gasteiger partial charge in [-0.25, -0.2) is 4.83 Å². The highest BCUT2D eigenvalue weighted by atomic mass is 79.9. The van der Waals surface area contributed by atoms with Crippen LogP contribution in [0.3, 0.4) is 0 Å². The molecule has 0 aliphatic carbocycles. The van der Waals surface area contributed by atoms with Gasteiger partial charge in [0, 0.05) is 4.47 Å². The number of hydrogen-bond acceptors (Lipinski definition) is 3. The Bertz CT molecular complexity index is 725. The van der Waals surface area contributed by atoms with Crippen molar-refractivity contribution >= 4 is 32.2 Å². The maximum absolute atomic E-state index is 12.0. The van der Waals surface area contributed by atoms with Crippen LogP contribution in [0.25, 0.3) is 0 Å². The van der Waals surface area contributed by atoms with E-state index in [1.54, 1.807) is 12.1 Å². The molecule has 104 valence electrons. The zero-order valence-electron chi connectivity index (χ0n) is 10.7. The summed E-state index contributed by atoms with van der Waals surface area (Å²) in [6, 6.07) is 13.9. The van der Waals surface area contributed by atoms with Gasteiger partial charge in [-0.2, -0.15) is 13.5 Å². The molecule has 1 N–H and O–H groups in total. The lowest BCUT2D eigenvalue weighted by Gasteiger charge is -2.03. The Morgan fingerprint density at radius 3 is 2.40 bits per heavy atom. The fourth-order valence-electron chi connectivity index (χ4n) is 1.56. The van der Waals surface area contributed by atoms with Gasteiger partial charge in [-0.3, -0.25) is 0 Å².